The molecule has 7 nitrogen and oxygen atoms in total. The summed E-state index contributed by atoms with van der Waals surface area (Å²) in [5, 5.41) is 5.42. The van der Waals surface area contributed by atoms with Gasteiger partial charge in [-0.25, -0.2) is 9.78 Å². The van der Waals surface area contributed by atoms with Gasteiger partial charge in [0.05, 0.1) is 7.11 Å². The van der Waals surface area contributed by atoms with E-state index in [1.165, 1.54) is 7.11 Å². The highest BCUT2D eigenvalue weighted by Gasteiger charge is 2.29. The third kappa shape index (κ3) is 8.03. The van der Waals surface area contributed by atoms with Gasteiger partial charge in [-0.05, 0) is 60.7 Å². The van der Waals surface area contributed by atoms with Crippen LogP contribution >= 0.6 is 15.9 Å². The molecule has 0 fully saturated rings. The molecule has 8 heteroatoms. The van der Waals surface area contributed by atoms with E-state index in [1.54, 1.807) is 32.9 Å². The maximum Gasteiger partial charge on any atom is 0.408 e. The van der Waals surface area contributed by atoms with Crippen molar-refractivity contribution < 1.29 is 19.1 Å². The maximum absolute atomic E-state index is 12.8. The molecule has 0 aliphatic carbocycles. The summed E-state index contributed by atoms with van der Waals surface area (Å²) in [6.07, 6.45) is -0.201. The average molecular weight is 430 g/mol. The van der Waals surface area contributed by atoms with E-state index in [0.29, 0.717) is 16.7 Å². The van der Waals surface area contributed by atoms with Gasteiger partial charge < -0.3 is 20.1 Å². The topological polar surface area (TPSA) is 89.5 Å². The van der Waals surface area contributed by atoms with Gasteiger partial charge in [0.25, 0.3) is 0 Å². The minimum absolute atomic E-state index is 0.181. The predicted octanol–water partition coefficient (Wildman–Crippen LogP) is 4.12. The van der Waals surface area contributed by atoms with Gasteiger partial charge >= 0.3 is 6.09 Å². The molecular weight excluding hydrogens is 402 g/mol. The Morgan fingerprint density at radius 2 is 1.81 bits per heavy atom. The van der Waals surface area contributed by atoms with Crippen LogP contribution in [0.25, 0.3) is 0 Å². The number of halogens is 1. The number of carbonyl (C=O) groups excluding carboxylic acids is 2. The molecule has 0 saturated carbocycles. The van der Waals surface area contributed by atoms with Crippen molar-refractivity contribution in [2.45, 2.75) is 59.6 Å². The van der Waals surface area contributed by atoms with Crippen molar-refractivity contribution in [3.05, 3.63) is 16.7 Å². The normalized spacial score (nSPS) is 12.9. The zero-order valence-corrected chi connectivity index (χ0v) is 18.0. The number of carbonyl (C=O) groups is 2. The van der Waals surface area contributed by atoms with Crippen molar-refractivity contribution in [3.63, 3.8) is 0 Å². The number of alkyl carbamates (subject to hydrolysis) is 1. The van der Waals surface area contributed by atoms with E-state index >= 15 is 0 Å². The number of hydrogen-bond acceptors (Lipinski definition) is 5. The number of nitrogens with one attached hydrogen (secondary N) is 2. The summed E-state index contributed by atoms with van der Waals surface area (Å²) >= 11 is 3.26. The molecule has 0 saturated heterocycles. The smallest absolute Gasteiger partial charge is 0.408 e. The van der Waals surface area contributed by atoms with Crippen LogP contribution in [-0.2, 0) is 9.53 Å². The lowest BCUT2D eigenvalue weighted by Crippen LogP contribution is -2.47. The van der Waals surface area contributed by atoms with E-state index in [0.717, 1.165) is 0 Å². The minimum Gasteiger partial charge on any atom is -0.479 e. The van der Waals surface area contributed by atoms with Crippen LogP contribution in [0, 0.1) is 5.41 Å². The molecular formula is C18H28BrN3O4. The van der Waals surface area contributed by atoms with Crippen molar-refractivity contribution in [1.82, 2.24) is 10.3 Å². The Hall–Kier alpha value is -1.83. The zero-order valence-electron chi connectivity index (χ0n) is 16.4. The molecule has 26 heavy (non-hydrogen) atoms. The van der Waals surface area contributed by atoms with Gasteiger partial charge in [0, 0.05) is 0 Å². The molecule has 1 atom stereocenters. The van der Waals surface area contributed by atoms with Crippen LogP contribution in [-0.4, -0.2) is 35.7 Å². The van der Waals surface area contributed by atoms with Crippen LogP contribution in [0.1, 0.15) is 48.0 Å². The van der Waals surface area contributed by atoms with Crippen molar-refractivity contribution in [3.8, 4) is 5.88 Å². The first-order valence-electron chi connectivity index (χ1n) is 8.31. The minimum atomic E-state index is -0.766. The number of anilines is 1. The molecule has 0 unspecified atom stereocenters. The second kappa shape index (κ2) is 8.70. The van der Waals surface area contributed by atoms with Crippen molar-refractivity contribution >= 4 is 33.6 Å². The Bertz CT molecular complexity index is 651. The number of pyridine rings is 1. The lowest BCUT2D eigenvalue weighted by atomic mass is 9.88. The van der Waals surface area contributed by atoms with Gasteiger partial charge in [-0.1, -0.05) is 20.8 Å². The van der Waals surface area contributed by atoms with E-state index in [4.69, 9.17) is 9.47 Å². The van der Waals surface area contributed by atoms with E-state index in [2.05, 4.69) is 31.5 Å². The van der Waals surface area contributed by atoms with Gasteiger partial charge in [0.2, 0.25) is 11.8 Å². The fraction of sp³-hybridized carbons (Fsp3) is 0.611. The first-order chi connectivity index (χ1) is 11.8. The standard InChI is InChI=1S/C18H28BrN3O4/c1-17(2,3)10-12(21-16(24)26-18(4,5)6)14(23)20-11-8-9-13(19)22-15(11)25-7/h8-9,12H,10H2,1-7H3,(H,20,23)(H,21,24)/t12-/m1/s1. The number of hydrogen-bond donors (Lipinski definition) is 2. The van der Waals surface area contributed by atoms with E-state index in [-0.39, 0.29) is 17.2 Å². The third-order valence-electron chi connectivity index (χ3n) is 3.10. The molecule has 146 valence electrons. The Labute approximate surface area is 163 Å². The number of ether oxygens (including phenoxy) is 2. The highest BCUT2D eigenvalue weighted by atomic mass is 79.9. The predicted molar refractivity (Wildman–Crippen MR) is 104 cm³/mol. The summed E-state index contributed by atoms with van der Waals surface area (Å²) < 4.78 is 11.0. The number of aromatic nitrogens is 1. The average Bonchev–Trinajstić information content (AvgIpc) is 2.44. The molecule has 2 N–H and O–H groups in total. The summed E-state index contributed by atoms with van der Waals surface area (Å²) in [4.78, 5) is 29.0. The number of rotatable bonds is 5. The van der Waals surface area contributed by atoms with Gasteiger partial charge in [-0.3, -0.25) is 4.79 Å². The maximum atomic E-state index is 12.8. The third-order valence-corrected chi connectivity index (χ3v) is 3.54. The second-order valence-electron chi connectivity index (χ2n) is 8.14. The first kappa shape index (κ1) is 22.2. The van der Waals surface area contributed by atoms with Crippen molar-refractivity contribution in [2.24, 2.45) is 5.41 Å². The zero-order chi connectivity index (χ0) is 20.1. The molecule has 0 bridgehead atoms. The molecule has 1 rings (SSSR count). The van der Waals surface area contributed by atoms with E-state index in [1.807, 2.05) is 20.8 Å². The van der Waals surface area contributed by atoms with Crippen LogP contribution in [0.3, 0.4) is 0 Å². The Morgan fingerprint density at radius 3 is 2.31 bits per heavy atom. The molecule has 0 aliphatic rings. The summed E-state index contributed by atoms with van der Waals surface area (Å²) in [7, 11) is 1.47. The lowest BCUT2D eigenvalue weighted by Gasteiger charge is -2.27. The van der Waals surface area contributed by atoms with Gasteiger partial charge in [0.15, 0.2) is 0 Å². The number of amides is 2. The Morgan fingerprint density at radius 1 is 1.19 bits per heavy atom. The van der Waals surface area contributed by atoms with E-state index in [9.17, 15) is 9.59 Å². The molecule has 1 aromatic heterocycles. The highest BCUT2D eigenvalue weighted by Crippen LogP contribution is 2.26. The summed E-state index contributed by atoms with van der Waals surface area (Å²) in [5.74, 6) is -0.0901. The summed E-state index contributed by atoms with van der Waals surface area (Å²) in [5.41, 5.74) is -0.407. The molecule has 0 aliphatic heterocycles. The Balaban J connectivity index is 2.96. The van der Waals surface area contributed by atoms with Crippen LogP contribution in [0.4, 0.5) is 10.5 Å². The monoisotopic (exact) mass is 429 g/mol. The fourth-order valence-corrected chi connectivity index (χ4v) is 2.45. The molecule has 1 aromatic rings. The van der Waals surface area contributed by atoms with Gasteiger partial charge in [0.1, 0.15) is 21.9 Å². The van der Waals surface area contributed by atoms with E-state index < -0.39 is 17.7 Å². The molecule has 0 radical (unpaired) electrons. The van der Waals surface area contributed by atoms with Crippen LogP contribution in [0.5, 0.6) is 5.88 Å². The SMILES string of the molecule is COc1nc(Br)ccc1NC(=O)[C@@H](CC(C)(C)C)NC(=O)OC(C)(C)C. The van der Waals surface area contributed by atoms with Crippen LogP contribution in [0.15, 0.2) is 16.7 Å². The molecule has 0 aromatic carbocycles. The molecule has 1 heterocycles. The lowest BCUT2D eigenvalue weighted by molar-refractivity contribution is -0.118. The van der Waals surface area contributed by atoms with Gasteiger partial charge in [-0.15, -0.1) is 0 Å². The summed E-state index contributed by atoms with van der Waals surface area (Å²) in [6, 6.07) is 2.60. The first-order valence-corrected chi connectivity index (χ1v) is 9.11. The highest BCUT2D eigenvalue weighted by molar-refractivity contribution is 9.10. The molecule has 0 spiro atoms. The van der Waals surface area contributed by atoms with Crippen molar-refractivity contribution in [1.29, 1.82) is 0 Å². The summed E-state index contributed by atoms with van der Waals surface area (Å²) in [6.45, 7) is 11.3. The second-order valence-corrected chi connectivity index (χ2v) is 8.96. The fourth-order valence-electron chi connectivity index (χ4n) is 2.16. The quantitative estimate of drug-likeness (QED) is 0.686. The molecule has 2 amide bonds. The van der Waals surface area contributed by atoms with Gasteiger partial charge in [-0.2, -0.15) is 0 Å². The number of methoxy groups -OCH3 is 1. The van der Waals surface area contributed by atoms with Crippen molar-refractivity contribution in [2.75, 3.05) is 12.4 Å². The Kier molecular flexibility index (Phi) is 7.44. The van der Waals surface area contributed by atoms with Crippen LogP contribution < -0.4 is 15.4 Å². The largest absolute Gasteiger partial charge is 0.479 e. The van der Waals surface area contributed by atoms with Crippen LogP contribution in [0.2, 0.25) is 0 Å². The number of nitrogens with zero attached hydrogens (tertiary/aromatic N) is 1.